The molecule has 1 saturated heterocycles. The van der Waals surface area contributed by atoms with E-state index < -0.39 is 33.4 Å². The molecule has 0 aromatic heterocycles. The third-order valence-electron chi connectivity index (χ3n) is 4.69. The lowest BCUT2D eigenvalue weighted by atomic mass is 10.1. The monoisotopic (exact) mass is 397 g/mol. The number of carbonyl (C=O) groups excluding carboxylic acids is 1. The van der Waals surface area contributed by atoms with Gasteiger partial charge in [-0.3, -0.25) is 4.79 Å². The Hall–Kier alpha value is -2.59. The predicted molar refractivity (Wildman–Crippen MR) is 91.5 cm³/mol. The van der Waals surface area contributed by atoms with E-state index in [2.05, 4.69) is 10.6 Å². The minimum absolute atomic E-state index is 0.0109. The second kappa shape index (κ2) is 6.24. The molecular weight excluding hydrogens is 383 g/mol. The molecule has 0 spiro atoms. The van der Waals surface area contributed by atoms with Crippen LogP contribution in [0.15, 0.2) is 35.2 Å². The van der Waals surface area contributed by atoms with Crippen LogP contribution in [0, 0.1) is 17.5 Å². The predicted octanol–water partition coefficient (Wildman–Crippen LogP) is 2.54. The average molecular weight is 397 g/mol. The van der Waals surface area contributed by atoms with E-state index >= 15 is 0 Å². The van der Waals surface area contributed by atoms with Gasteiger partial charge in [0, 0.05) is 42.5 Å². The largest absolute Gasteiger partial charge is 0.382 e. The Kier molecular flexibility index (Phi) is 4.11. The Bertz CT molecular complexity index is 1040. The van der Waals surface area contributed by atoms with Crippen molar-refractivity contribution in [3.05, 3.63) is 53.3 Å². The van der Waals surface area contributed by atoms with Crippen molar-refractivity contribution in [2.75, 3.05) is 23.7 Å². The number of anilines is 2. The molecule has 6 nitrogen and oxygen atoms in total. The summed E-state index contributed by atoms with van der Waals surface area (Å²) in [5.41, 5.74) is 0.0955. The van der Waals surface area contributed by atoms with Crippen LogP contribution < -0.4 is 10.6 Å². The number of hydrogen-bond donors (Lipinski definition) is 2. The van der Waals surface area contributed by atoms with Gasteiger partial charge in [-0.05, 0) is 24.6 Å². The number of hydrogen-bond acceptors (Lipinski definition) is 4. The van der Waals surface area contributed by atoms with E-state index in [1.165, 1.54) is 22.5 Å². The molecule has 2 aromatic carbocycles. The number of fused-ring (bicyclic) bond motifs is 2. The third-order valence-corrected chi connectivity index (χ3v) is 6.68. The van der Waals surface area contributed by atoms with Crippen LogP contribution in [0.1, 0.15) is 16.8 Å². The van der Waals surface area contributed by atoms with Gasteiger partial charge in [-0.15, -0.1) is 0 Å². The summed E-state index contributed by atoms with van der Waals surface area (Å²) < 4.78 is 66.5. The van der Waals surface area contributed by atoms with Crippen LogP contribution in [-0.4, -0.2) is 37.8 Å². The molecule has 0 bridgehead atoms. The number of carbonyl (C=O) groups is 1. The maximum Gasteiger partial charge on any atom is 0.255 e. The van der Waals surface area contributed by atoms with Crippen LogP contribution in [0.3, 0.4) is 0 Å². The van der Waals surface area contributed by atoms with Crippen molar-refractivity contribution in [2.24, 2.45) is 0 Å². The molecule has 4 rings (SSSR count). The van der Waals surface area contributed by atoms with Gasteiger partial charge in [0.2, 0.25) is 10.0 Å². The second-order valence-electron chi connectivity index (χ2n) is 6.36. The Morgan fingerprint density at radius 3 is 2.48 bits per heavy atom. The first-order valence-electron chi connectivity index (χ1n) is 8.13. The normalized spacial score (nSPS) is 20.5. The standard InChI is InChI=1S/C17H14F3N3O3S/c18-12-6-10(7-13(19)16(12)20)22-17(24)9-1-2-14-15(5-9)27(25,26)23-4-3-11(23)8-21-14/h1-2,5-7,11,21H,3-4,8H2,(H,22,24). The fourth-order valence-electron chi connectivity index (χ4n) is 3.15. The van der Waals surface area contributed by atoms with Crippen molar-refractivity contribution < 1.29 is 26.4 Å². The highest BCUT2D eigenvalue weighted by Gasteiger charge is 2.41. The molecule has 142 valence electrons. The van der Waals surface area contributed by atoms with Gasteiger partial charge in [0.05, 0.1) is 5.69 Å². The van der Waals surface area contributed by atoms with Crippen molar-refractivity contribution in [3.8, 4) is 0 Å². The van der Waals surface area contributed by atoms with Crippen molar-refractivity contribution in [1.29, 1.82) is 0 Å². The number of rotatable bonds is 2. The average Bonchev–Trinajstić information content (AvgIpc) is 2.64. The van der Waals surface area contributed by atoms with E-state index in [1.807, 2.05) is 0 Å². The van der Waals surface area contributed by atoms with Crippen LogP contribution in [0.5, 0.6) is 0 Å². The lowest BCUT2D eigenvalue weighted by Gasteiger charge is -2.37. The van der Waals surface area contributed by atoms with E-state index in [-0.39, 0.29) is 22.2 Å². The van der Waals surface area contributed by atoms with Gasteiger partial charge in [-0.25, -0.2) is 21.6 Å². The van der Waals surface area contributed by atoms with E-state index in [9.17, 15) is 26.4 Å². The summed E-state index contributed by atoms with van der Waals surface area (Å²) >= 11 is 0. The fraction of sp³-hybridized carbons (Fsp3) is 0.235. The quantitative estimate of drug-likeness (QED) is 0.764. The summed E-state index contributed by atoms with van der Waals surface area (Å²) in [7, 11) is -3.75. The lowest BCUT2D eigenvalue weighted by molar-refractivity contribution is 0.102. The highest BCUT2D eigenvalue weighted by atomic mass is 32.2. The van der Waals surface area contributed by atoms with Gasteiger partial charge < -0.3 is 10.6 Å². The molecule has 0 aliphatic carbocycles. The van der Waals surface area contributed by atoms with E-state index in [4.69, 9.17) is 0 Å². The summed E-state index contributed by atoms with van der Waals surface area (Å²) in [6.07, 6.45) is 0.759. The molecule has 1 unspecified atom stereocenters. The van der Waals surface area contributed by atoms with Gasteiger partial charge in [-0.1, -0.05) is 0 Å². The molecule has 2 aliphatic rings. The minimum atomic E-state index is -3.75. The molecule has 27 heavy (non-hydrogen) atoms. The highest BCUT2D eigenvalue weighted by Crippen LogP contribution is 2.35. The SMILES string of the molecule is O=C(Nc1cc(F)c(F)c(F)c1)c1ccc2c(c1)S(=O)(=O)N1CCC1CN2. The van der Waals surface area contributed by atoms with Gasteiger partial charge >= 0.3 is 0 Å². The highest BCUT2D eigenvalue weighted by molar-refractivity contribution is 7.89. The van der Waals surface area contributed by atoms with Crippen molar-refractivity contribution in [1.82, 2.24) is 4.31 Å². The zero-order chi connectivity index (χ0) is 19.3. The number of nitrogens with zero attached hydrogens (tertiary/aromatic N) is 1. The maximum atomic E-state index is 13.3. The number of nitrogens with one attached hydrogen (secondary N) is 2. The third kappa shape index (κ3) is 2.94. The molecule has 0 saturated carbocycles. The van der Waals surface area contributed by atoms with Crippen LogP contribution >= 0.6 is 0 Å². The Morgan fingerprint density at radius 2 is 1.85 bits per heavy atom. The van der Waals surface area contributed by atoms with Gasteiger partial charge in [0.25, 0.3) is 5.91 Å². The van der Waals surface area contributed by atoms with Crippen molar-refractivity contribution in [2.45, 2.75) is 17.4 Å². The van der Waals surface area contributed by atoms with Gasteiger partial charge in [0.1, 0.15) is 4.90 Å². The van der Waals surface area contributed by atoms with Crippen LogP contribution in [0.4, 0.5) is 24.5 Å². The zero-order valence-electron chi connectivity index (χ0n) is 13.8. The molecule has 2 aliphatic heterocycles. The minimum Gasteiger partial charge on any atom is -0.382 e. The van der Waals surface area contributed by atoms with E-state index in [0.29, 0.717) is 30.9 Å². The second-order valence-corrected chi connectivity index (χ2v) is 8.22. The number of sulfonamides is 1. The number of benzene rings is 2. The number of halogens is 3. The summed E-state index contributed by atoms with van der Waals surface area (Å²) in [4.78, 5) is 12.4. The van der Waals surface area contributed by atoms with Crippen LogP contribution in [0.25, 0.3) is 0 Å². The number of amides is 1. The molecule has 2 aromatic rings. The zero-order valence-corrected chi connectivity index (χ0v) is 14.6. The molecule has 1 amide bonds. The molecule has 1 fully saturated rings. The van der Waals surface area contributed by atoms with Crippen LogP contribution in [0.2, 0.25) is 0 Å². The van der Waals surface area contributed by atoms with Gasteiger partial charge in [-0.2, -0.15) is 4.31 Å². The smallest absolute Gasteiger partial charge is 0.255 e. The molecular formula is C17H14F3N3O3S. The summed E-state index contributed by atoms with van der Waals surface area (Å²) in [5, 5.41) is 5.29. The van der Waals surface area contributed by atoms with Crippen molar-refractivity contribution >= 4 is 27.3 Å². The Labute approximate surface area is 153 Å². The summed E-state index contributed by atoms with van der Waals surface area (Å²) in [5.74, 6) is -5.30. The summed E-state index contributed by atoms with van der Waals surface area (Å²) in [6.45, 7) is 0.893. The van der Waals surface area contributed by atoms with E-state index in [1.54, 1.807) is 0 Å². The molecule has 0 radical (unpaired) electrons. The molecule has 10 heteroatoms. The molecule has 2 heterocycles. The van der Waals surface area contributed by atoms with Gasteiger partial charge in [0.15, 0.2) is 17.5 Å². The lowest BCUT2D eigenvalue weighted by Crippen LogP contribution is -2.52. The first kappa shape index (κ1) is 17.8. The first-order valence-corrected chi connectivity index (χ1v) is 9.57. The summed E-state index contributed by atoms with van der Waals surface area (Å²) in [6, 6.07) is 5.24. The van der Waals surface area contributed by atoms with Crippen molar-refractivity contribution in [3.63, 3.8) is 0 Å². The molecule has 2 N–H and O–H groups in total. The first-order chi connectivity index (χ1) is 12.8. The maximum absolute atomic E-state index is 13.3. The fourth-order valence-corrected chi connectivity index (χ4v) is 5.01. The molecule has 1 atom stereocenters. The van der Waals surface area contributed by atoms with Crippen LogP contribution in [-0.2, 0) is 10.0 Å². The van der Waals surface area contributed by atoms with E-state index in [0.717, 1.165) is 6.42 Å². The Morgan fingerprint density at radius 1 is 1.15 bits per heavy atom. The Balaban J connectivity index is 1.66. The topological polar surface area (TPSA) is 78.5 Å².